The van der Waals surface area contributed by atoms with E-state index in [0.29, 0.717) is 40.8 Å². The van der Waals surface area contributed by atoms with E-state index >= 15 is 0 Å². The van der Waals surface area contributed by atoms with Gasteiger partial charge in [0.1, 0.15) is 17.3 Å². The number of ether oxygens (including phenoxy) is 2. The molecule has 36 heavy (non-hydrogen) atoms. The molecular formula is C30H31NO5. The minimum absolute atomic E-state index is 0.0316. The lowest BCUT2D eigenvalue weighted by Crippen LogP contribution is -2.29. The Balaban J connectivity index is 1.86. The van der Waals surface area contributed by atoms with Crippen molar-refractivity contribution in [1.29, 1.82) is 0 Å². The van der Waals surface area contributed by atoms with Gasteiger partial charge in [-0.1, -0.05) is 43.7 Å². The van der Waals surface area contributed by atoms with Crippen molar-refractivity contribution in [1.82, 2.24) is 0 Å². The van der Waals surface area contributed by atoms with Gasteiger partial charge in [0.05, 0.1) is 25.3 Å². The molecular weight excluding hydrogens is 454 g/mol. The minimum atomic E-state index is -0.819. The van der Waals surface area contributed by atoms with E-state index < -0.39 is 17.7 Å². The minimum Gasteiger partial charge on any atom is -0.507 e. The van der Waals surface area contributed by atoms with Crippen LogP contribution in [0.15, 0.2) is 72.3 Å². The Bertz CT molecular complexity index is 1320. The number of benzene rings is 3. The Kier molecular flexibility index (Phi) is 7.15. The number of hydrogen-bond acceptors (Lipinski definition) is 5. The van der Waals surface area contributed by atoms with Crippen LogP contribution in [0.2, 0.25) is 0 Å². The molecule has 6 heteroatoms. The van der Waals surface area contributed by atoms with Crippen LogP contribution in [0.4, 0.5) is 5.69 Å². The number of ketones is 1. The predicted molar refractivity (Wildman–Crippen MR) is 140 cm³/mol. The van der Waals surface area contributed by atoms with Crippen molar-refractivity contribution in [2.45, 2.75) is 33.7 Å². The van der Waals surface area contributed by atoms with Gasteiger partial charge < -0.3 is 14.6 Å². The topological polar surface area (TPSA) is 76.1 Å². The number of methoxy groups -OCH3 is 1. The predicted octanol–water partition coefficient (Wildman–Crippen LogP) is 5.97. The maximum atomic E-state index is 13.4. The summed E-state index contributed by atoms with van der Waals surface area (Å²) < 4.78 is 11.2. The quantitative estimate of drug-likeness (QED) is 0.253. The lowest BCUT2D eigenvalue weighted by atomic mass is 9.94. The molecule has 0 saturated carbocycles. The standard InChI is InChI=1S/C30H31NO5/c1-18(2)17-36-25-14-11-22(15-20(25)4)28(32)26-27(21-7-6-8-24(16-21)35-5)31(30(34)29(26)33)23-12-9-19(3)10-13-23/h6-16,18,27,32H,17H2,1-5H3/b28-26-. The number of aliphatic hydroxyl groups excluding tert-OH is 1. The molecule has 1 aliphatic heterocycles. The monoisotopic (exact) mass is 485 g/mol. The third kappa shape index (κ3) is 4.85. The molecule has 1 amide bonds. The molecule has 1 fully saturated rings. The SMILES string of the molecule is COc1cccc(C2/C(=C(/O)c3ccc(OCC(C)C)c(C)c3)C(=O)C(=O)N2c2ccc(C)cc2)c1. The zero-order valence-corrected chi connectivity index (χ0v) is 21.2. The van der Waals surface area contributed by atoms with Crippen molar-refractivity contribution in [3.63, 3.8) is 0 Å². The van der Waals surface area contributed by atoms with Gasteiger partial charge in [-0.15, -0.1) is 0 Å². The van der Waals surface area contributed by atoms with Crippen LogP contribution in [0.1, 0.15) is 42.1 Å². The molecule has 3 aromatic rings. The number of hydrogen-bond donors (Lipinski definition) is 1. The Labute approximate surface area is 211 Å². The third-order valence-electron chi connectivity index (χ3n) is 6.19. The molecule has 1 aliphatic rings. The average Bonchev–Trinajstić information content (AvgIpc) is 3.13. The van der Waals surface area contributed by atoms with E-state index in [1.54, 1.807) is 55.6 Å². The summed E-state index contributed by atoms with van der Waals surface area (Å²) in [6, 6.07) is 19.0. The van der Waals surface area contributed by atoms with Gasteiger partial charge in [0.15, 0.2) is 0 Å². The highest BCUT2D eigenvalue weighted by molar-refractivity contribution is 6.51. The number of Topliss-reactive ketones (excluding diaryl/α,β-unsaturated/α-hetero) is 1. The molecule has 6 nitrogen and oxygen atoms in total. The second-order valence-electron chi connectivity index (χ2n) is 9.47. The molecule has 0 aliphatic carbocycles. The van der Waals surface area contributed by atoms with Crippen LogP contribution in [-0.2, 0) is 9.59 Å². The second kappa shape index (κ2) is 10.3. The number of carbonyl (C=O) groups is 2. The number of carbonyl (C=O) groups excluding carboxylic acids is 2. The number of aryl methyl sites for hydroxylation is 2. The van der Waals surface area contributed by atoms with Gasteiger partial charge in [-0.25, -0.2) is 0 Å². The first kappa shape index (κ1) is 25.0. The van der Waals surface area contributed by atoms with E-state index in [2.05, 4.69) is 13.8 Å². The number of anilines is 1. The van der Waals surface area contributed by atoms with Crippen LogP contribution < -0.4 is 14.4 Å². The maximum absolute atomic E-state index is 13.4. The number of amides is 1. The van der Waals surface area contributed by atoms with Crippen LogP contribution in [0.3, 0.4) is 0 Å². The molecule has 1 atom stereocenters. The highest BCUT2D eigenvalue weighted by Gasteiger charge is 2.47. The zero-order chi connectivity index (χ0) is 26.0. The normalized spacial score (nSPS) is 17.1. The number of aliphatic hydroxyl groups is 1. The fourth-order valence-electron chi connectivity index (χ4n) is 4.30. The van der Waals surface area contributed by atoms with E-state index in [4.69, 9.17) is 9.47 Å². The van der Waals surface area contributed by atoms with Crippen molar-refractivity contribution < 1.29 is 24.2 Å². The van der Waals surface area contributed by atoms with E-state index in [1.165, 1.54) is 4.90 Å². The van der Waals surface area contributed by atoms with Gasteiger partial charge in [0.2, 0.25) is 0 Å². The molecule has 4 rings (SSSR count). The van der Waals surface area contributed by atoms with Gasteiger partial charge in [0.25, 0.3) is 11.7 Å². The molecule has 186 valence electrons. The largest absolute Gasteiger partial charge is 0.507 e. The number of rotatable bonds is 7. The van der Waals surface area contributed by atoms with Crippen molar-refractivity contribution in [2.24, 2.45) is 5.92 Å². The molecule has 0 aromatic heterocycles. The van der Waals surface area contributed by atoms with Crippen molar-refractivity contribution >= 4 is 23.1 Å². The summed E-state index contributed by atoms with van der Waals surface area (Å²) in [6.45, 7) is 8.55. The summed E-state index contributed by atoms with van der Waals surface area (Å²) in [6.07, 6.45) is 0. The van der Waals surface area contributed by atoms with E-state index in [0.717, 1.165) is 11.1 Å². The summed E-state index contributed by atoms with van der Waals surface area (Å²) >= 11 is 0. The van der Waals surface area contributed by atoms with Crippen molar-refractivity contribution in [3.8, 4) is 11.5 Å². The Hall–Kier alpha value is -4.06. The van der Waals surface area contributed by atoms with Crippen molar-refractivity contribution in [3.05, 3.63) is 94.6 Å². The van der Waals surface area contributed by atoms with E-state index in [9.17, 15) is 14.7 Å². The highest BCUT2D eigenvalue weighted by atomic mass is 16.5. The first-order valence-electron chi connectivity index (χ1n) is 12.0. The van der Waals surface area contributed by atoms with Gasteiger partial charge in [-0.05, 0) is 73.4 Å². The first-order chi connectivity index (χ1) is 17.2. The van der Waals surface area contributed by atoms with Gasteiger partial charge >= 0.3 is 0 Å². The molecule has 1 unspecified atom stereocenters. The third-order valence-corrected chi connectivity index (χ3v) is 6.19. The van der Waals surface area contributed by atoms with Gasteiger partial charge in [0, 0.05) is 11.3 Å². The summed E-state index contributed by atoms with van der Waals surface area (Å²) in [5.41, 5.74) is 3.56. The van der Waals surface area contributed by atoms with Crippen molar-refractivity contribution in [2.75, 3.05) is 18.6 Å². The maximum Gasteiger partial charge on any atom is 0.300 e. The fraction of sp³-hybridized carbons (Fsp3) is 0.267. The average molecular weight is 486 g/mol. The lowest BCUT2D eigenvalue weighted by molar-refractivity contribution is -0.132. The van der Waals surface area contributed by atoms with Gasteiger partial charge in [-0.3, -0.25) is 14.5 Å². The summed E-state index contributed by atoms with van der Waals surface area (Å²) in [5, 5.41) is 11.4. The van der Waals surface area contributed by atoms with E-state index in [1.807, 2.05) is 32.0 Å². The molecule has 0 radical (unpaired) electrons. The smallest absolute Gasteiger partial charge is 0.300 e. The molecule has 0 spiro atoms. The van der Waals surface area contributed by atoms with E-state index in [-0.39, 0.29) is 11.3 Å². The van der Waals surface area contributed by atoms with Crippen LogP contribution in [0, 0.1) is 19.8 Å². The Morgan fingerprint density at radius 3 is 2.36 bits per heavy atom. The Morgan fingerprint density at radius 2 is 1.72 bits per heavy atom. The molecule has 1 N–H and O–H groups in total. The first-order valence-corrected chi connectivity index (χ1v) is 12.0. The van der Waals surface area contributed by atoms with Crippen LogP contribution in [-0.4, -0.2) is 30.5 Å². The van der Waals surface area contributed by atoms with Crippen LogP contribution >= 0.6 is 0 Å². The highest BCUT2D eigenvalue weighted by Crippen LogP contribution is 2.43. The second-order valence-corrected chi connectivity index (χ2v) is 9.47. The molecule has 3 aromatic carbocycles. The molecule has 0 bridgehead atoms. The number of nitrogens with zero attached hydrogens (tertiary/aromatic N) is 1. The summed E-state index contributed by atoms with van der Waals surface area (Å²) in [4.78, 5) is 28.1. The fourth-order valence-corrected chi connectivity index (χ4v) is 4.30. The Morgan fingerprint density at radius 1 is 1.00 bits per heavy atom. The zero-order valence-electron chi connectivity index (χ0n) is 21.2. The lowest BCUT2D eigenvalue weighted by Gasteiger charge is -2.26. The van der Waals surface area contributed by atoms with Crippen LogP contribution in [0.25, 0.3) is 5.76 Å². The van der Waals surface area contributed by atoms with Gasteiger partial charge in [-0.2, -0.15) is 0 Å². The molecule has 1 heterocycles. The summed E-state index contributed by atoms with van der Waals surface area (Å²) in [5.74, 6) is 0.0158. The molecule has 1 saturated heterocycles. The van der Waals surface area contributed by atoms with Crippen LogP contribution in [0.5, 0.6) is 11.5 Å². The summed E-state index contributed by atoms with van der Waals surface area (Å²) in [7, 11) is 1.56.